The lowest BCUT2D eigenvalue weighted by Gasteiger charge is -2.20. The summed E-state index contributed by atoms with van der Waals surface area (Å²) >= 11 is 6.34. The molecule has 3 aromatic carbocycles. The van der Waals surface area contributed by atoms with Gasteiger partial charge in [0.15, 0.2) is 5.69 Å². The molecule has 4 aromatic rings. The number of benzene rings is 3. The molecule has 0 aliphatic heterocycles. The minimum atomic E-state index is -0.981. The molecular weight excluding hydrogens is 546 g/mol. The number of aromatic nitrogens is 2. The van der Waals surface area contributed by atoms with Crippen LogP contribution in [-0.4, -0.2) is 57.7 Å². The number of carbonyl (C=O) groups is 2. The fraction of sp³-hybridized carbons (Fsp3) is 0.233. The van der Waals surface area contributed by atoms with Crippen LogP contribution in [0, 0.1) is 0 Å². The number of amides is 2. The summed E-state index contributed by atoms with van der Waals surface area (Å²) in [6.45, 7) is 2.23. The minimum Gasteiger partial charge on any atom is -0.491 e. The third kappa shape index (κ3) is 5.90. The zero-order chi connectivity index (χ0) is 29.1. The first-order valence-electron chi connectivity index (χ1n) is 13.2. The molecule has 0 radical (unpaired) electrons. The van der Waals surface area contributed by atoms with Gasteiger partial charge in [0, 0.05) is 29.0 Å². The maximum Gasteiger partial charge on any atom is 0.269 e. The fourth-order valence-electron chi connectivity index (χ4n) is 4.84. The quantitative estimate of drug-likeness (QED) is 0.193. The second-order valence-corrected chi connectivity index (χ2v) is 10.1. The molecule has 212 valence electrons. The highest BCUT2D eigenvalue weighted by atomic mass is 35.5. The number of nitrogens with one attached hydrogen (secondary N) is 2. The lowest BCUT2D eigenvalue weighted by atomic mass is 9.88. The van der Waals surface area contributed by atoms with Crippen molar-refractivity contribution in [2.75, 3.05) is 30.4 Å². The van der Waals surface area contributed by atoms with E-state index in [1.807, 2.05) is 31.2 Å². The summed E-state index contributed by atoms with van der Waals surface area (Å²) in [6, 6.07) is 17.8. The predicted octanol–water partition coefficient (Wildman–Crippen LogP) is 3.81. The molecule has 11 heteroatoms. The largest absolute Gasteiger partial charge is 0.491 e. The summed E-state index contributed by atoms with van der Waals surface area (Å²) < 4.78 is 7.18. The van der Waals surface area contributed by atoms with E-state index in [1.54, 1.807) is 41.1 Å². The second-order valence-electron chi connectivity index (χ2n) is 9.64. The molecule has 0 saturated carbocycles. The molecule has 0 saturated heterocycles. The van der Waals surface area contributed by atoms with Gasteiger partial charge in [-0.1, -0.05) is 17.7 Å². The number of rotatable bonds is 10. The number of hydrogen-bond donors (Lipinski definition) is 5. The number of primary amides is 1. The Balaban J connectivity index is 1.50. The molecule has 1 heterocycles. The first-order chi connectivity index (χ1) is 19.8. The van der Waals surface area contributed by atoms with E-state index < -0.39 is 18.6 Å². The molecule has 1 unspecified atom stereocenters. The molecule has 41 heavy (non-hydrogen) atoms. The number of aryl methyl sites for hydroxylation is 1. The van der Waals surface area contributed by atoms with E-state index in [4.69, 9.17) is 27.2 Å². The Labute approximate surface area is 241 Å². The van der Waals surface area contributed by atoms with E-state index in [0.717, 1.165) is 22.4 Å². The first-order valence-corrected chi connectivity index (χ1v) is 13.6. The van der Waals surface area contributed by atoms with Crippen molar-refractivity contribution >= 4 is 34.8 Å². The summed E-state index contributed by atoms with van der Waals surface area (Å²) in [7, 11) is 0. The standard InChI is InChI=1S/C30H30ClN5O5/c1-2-33-18-6-12-26(31)25(13-18)30(40)34-19-5-3-17-4-11-23-27(29(32)39)35-36(28(23)24(17)14-19)20-7-9-22(10-8-20)41-16-21(38)15-37/h3,5-10,12-14,21,33,37-38H,2,4,11,15-16H2,1H3,(H2,32,39)(H,34,40). The number of nitrogens with zero attached hydrogens (tertiary/aromatic N) is 2. The molecule has 10 nitrogen and oxygen atoms in total. The Bertz CT molecular complexity index is 1600. The number of aliphatic hydroxyl groups excluding tert-OH is 2. The third-order valence-electron chi connectivity index (χ3n) is 6.81. The Morgan fingerprint density at radius 3 is 2.56 bits per heavy atom. The van der Waals surface area contributed by atoms with Crippen molar-refractivity contribution in [3.05, 3.63) is 88.1 Å². The maximum atomic E-state index is 13.2. The number of carbonyl (C=O) groups excluding carboxylic acids is 2. The van der Waals surface area contributed by atoms with Crippen molar-refractivity contribution in [3.63, 3.8) is 0 Å². The van der Waals surface area contributed by atoms with Crippen LogP contribution in [0.4, 0.5) is 11.4 Å². The van der Waals surface area contributed by atoms with Gasteiger partial charge in [-0.3, -0.25) is 9.59 Å². The van der Waals surface area contributed by atoms with Gasteiger partial charge in [-0.05, 0) is 79.9 Å². The highest BCUT2D eigenvalue weighted by Gasteiger charge is 2.28. The highest BCUT2D eigenvalue weighted by Crippen LogP contribution is 2.38. The number of fused-ring (bicyclic) bond motifs is 3. The van der Waals surface area contributed by atoms with E-state index >= 15 is 0 Å². The molecule has 5 rings (SSSR count). The Hall–Kier alpha value is -4.38. The van der Waals surface area contributed by atoms with Crippen LogP contribution in [0.2, 0.25) is 5.02 Å². The van der Waals surface area contributed by atoms with E-state index in [1.165, 1.54) is 0 Å². The monoisotopic (exact) mass is 575 g/mol. The van der Waals surface area contributed by atoms with Gasteiger partial charge in [-0.2, -0.15) is 5.10 Å². The molecule has 0 bridgehead atoms. The van der Waals surface area contributed by atoms with E-state index in [9.17, 15) is 14.7 Å². The van der Waals surface area contributed by atoms with Crippen LogP contribution < -0.4 is 21.1 Å². The van der Waals surface area contributed by atoms with Crippen LogP contribution in [0.1, 0.15) is 38.9 Å². The van der Waals surface area contributed by atoms with Crippen LogP contribution in [0.3, 0.4) is 0 Å². The van der Waals surface area contributed by atoms with Gasteiger partial charge in [0.25, 0.3) is 11.8 Å². The zero-order valence-electron chi connectivity index (χ0n) is 22.4. The van der Waals surface area contributed by atoms with Gasteiger partial charge < -0.3 is 31.3 Å². The normalized spacial score (nSPS) is 12.7. The van der Waals surface area contributed by atoms with Gasteiger partial charge in [-0.15, -0.1) is 0 Å². The van der Waals surface area contributed by atoms with Crippen molar-refractivity contribution < 1.29 is 24.5 Å². The van der Waals surface area contributed by atoms with Gasteiger partial charge in [0.1, 0.15) is 18.5 Å². The molecule has 2 amide bonds. The second kappa shape index (κ2) is 12.0. The molecule has 0 spiro atoms. The van der Waals surface area contributed by atoms with Crippen molar-refractivity contribution in [3.8, 4) is 22.7 Å². The van der Waals surface area contributed by atoms with E-state index in [2.05, 4.69) is 15.7 Å². The van der Waals surface area contributed by atoms with Gasteiger partial charge in [0.2, 0.25) is 0 Å². The average molecular weight is 576 g/mol. The molecule has 6 N–H and O–H groups in total. The maximum absolute atomic E-state index is 13.2. The molecular formula is C30H30ClN5O5. The van der Waals surface area contributed by atoms with Crippen LogP contribution in [0.15, 0.2) is 60.7 Å². The molecule has 1 aliphatic carbocycles. The Morgan fingerprint density at radius 2 is 1.85 bits per heavy atom. The SMILES string of the molecule is CCNc1ccc(Cl)c(C(=O)Nc2ccc3c(c2)-c2c(c(C(N)=O)nn2-c2ccc(OCC(O)CO)cc2)CC3)c1. The first kappa shape index (κ1) is 28.2. The van der Waals surface area contributed by atoms with E-state index in [0.29, 0.717) is 52.8 Å². The van der Waals surface area contributed by atoms with E-state index in [-0.39, 0.29) is 18.2 Å². The molecule has 0 fully saturated rings. The topological polar surface area (TPSA) is 152 Å². The van der Waals surface area contributed by atoms with Crippen LogP contribution >= 0.6 is 11.6 Å². The highest BCUT2D eigenvalue weighted by molar-refractivity contribution is 6.34. The fourth-order valence-corrected chi connectivity index (χ4v) is 5.04. The third-order valence-corrected chi connectivity index (χ3v) is 7.14. The number of aliphatic hydroxyl groups is 2. The number of ether oxygens (including phenoxy) is 1. The number of hydrogen-bond acceptors (Lipinski definition) is 7. The molecule has 1 aromatic heterocycles. The number of anilines is 2. The zero-order valence-corrected chi connectivity index (χ0v) is 23.1. The van der Waals surface area contributed by atoms with Crippen molar-refractivity contribution in [2.45, 2.75) is 25.9 Å². The number of halogens is 1. The van der Waals surface area contributed by atoms with Gasteiger partial charge >= 0.3 is 0 Å². The summed E-state index contributed by atoms with van der Waals surface area (Å²) in [5, 5.41) is 29.6. The minimum absolute atomic E-state index is 0.0503. The van der Waals surface area contributed by atoms with Crippen LogP contribution in [0.25, 0.3) is 16.9 Å². The van der Waals surface area contributed by atoms with Crippen LogP contribution in [-0.2, 0) is 12.8 Å². The lowest BCUT2D eigenvalue weighted by Crippen LogP contribution is -2.21. The Morgan fingerprint density at radius 1 is 1.10 bits per heavy atom. The summed E-state index contributed by atoms with van der Waals surface area (Å²) in [6.07, 6.45) is 0.281. The van der Waals surface area contributed by atoms with Gasteiger partial charge in [0.05, 0.1) is 28.6 Å². The Kier molecular flexibility index (Phi) is 8.25. The summed E-state index contributed by atoms with van der Waals surface area (Å²) in [5.74, 6) is -0.472. The van der Waals surface area contributed by atoms with Crippen LogP contribution in [0.5, 0.6) is 5.75 Å². The summed E-state index contributed by atoms with van der Waals surface area (Å²) in [4.78, 5) is 25.5. The smallest absolute Gasteiger partial charge is 0.269 e. The molecule has 1 atom stereocenters. The predicted molar refractivity (Wildman–Crippen MR) is 157 cm³/mol. The lowest BCUT2D eigenvalue weighted by molar-refractivity contribution is 0.0536. The van der Waals surface area contributed by atoms with Crippen molar-refractivity contribution in [1.29, 1.82) is 0 Å². The van der Waals surface area contributed by atoms with Gasteiger partial charge in [-0.25, -0.2) is 4.68 Å². The molecule has 1 aliphatic rings. The number of nitrogens with two attached hydrogens (primary N) is 1. The van der Waals surface area contributed by atoms with Crippen molar-refractivity contribution in [1.82, 2.24) is 9.78 Å². The average Bonchev–Trinajstić information content (AvgIpc) is 3.38. The summed E-state index contributed by atoms with van der Waals surface area (Å²) in [5.41, 5.74) is 11.6. The van der Waals surface area contributed by atoms with Crippen molar-refractivity contribution in [2.24, 2.45) is 5.73 Å².